The van der Waals surface area contributed by atoms with Crippen LogP contribution < -0.4 is 4.74 Å². The third kappa shape index (κ3) is 4.17. The molecule has 2 aliphatic rings. The Labute approximate surface area is 134 Å². The van der Waals surface area contributed by atoms with Crippen LogP contribution in [-0.4, -0.2) is 73.1 Å². The smallest absolute Gasteiger partial charge is 0.387 e. The monoisotopic (exact) mass is 328 g/mol. The Balaban J connectivity index is 1.63. The number of aliphatic hydroxyl groups excluding tert-OH is 1. The van der Waals surface area contributed by atoms with E-state index >= 15 is 0 Å². The Morgan fingerprint density at radius 2 is 1.96 bits per heavy atom. The van der Waals surface area contributed by atoms with Gasteiger partial charge in [0.15, 0.2) is 0 Å². The standard InChI is InChI=1S/C16H22F2N2O3/c17-16(18)23-15-4-2-1-3-12(15)9-19-10-13(14(21)11-19)20-5-7-22-8-6-20/h1-4,13-14,16,21H,5-11H2/t13-,14-/m1/s1. The van der Waals surface area contributed by atoms with Crippen molar-refractivity contribution in [3.05, 3.63) is 29.8 Å². The minimum Gasteiger partial charge on any atom is -0.434 e. The molecule has 1 N–H and O–H groups in total. The lowest BCUT2D eigenvalue weighted by Gasteiger charge is -2.33. The zero-order valence-corrected chi connectivity index (χ0v) is 12.9. The number of morpholine rings is 1. The number of β-amino-alcohol motifs (C(OH)–C–C–N with tert-alkyl or cyclic N) is 1. The number of benzene rings is 1. The Hall–Kier alpha value is -1.28. The number of alkyl halides is 2. The number of hydrogen-bond donors (Lipinski definition) is 1. The molecule has 0 aromatic heterocycles. The molecule has 0 spiro atoms. The molecule has 2 aliphatic heterocycles. The van der Waals surface area contributed by atoms with E-state index in [0.29, 0.717) is 38.4 Å². The van der Waals surface area contributed by atoms with Gasteiger partial charge < -0.3 is 14.6 Å². The number of halogens is 2. The van der Waals surface area contributed by atoms with E-state index in [1.807, 2.05) is 0 Å². The summed E-state index contributed by atoms with van der Waals surface area (Å²) in [5.74, 6) is 0.201. The fourth-order valence-electron chi connectivity index (χ4n) is 3.33. The third-order valence-electron chi connectivity index (χ3n) is 4.43. The van der Waals surface area contributed by atoms with E-state index in [4.69, 9.17) is 4.74 Å². The lowest BCUT2D eigenvalue weighted by atomic mass is 10.1. The summed E-state index contributed by atoms with van der Waals surface area (Å²) in [4.78, 5) is 4.33. The third-order valence-corrected chi connectivity index (χ3v) is 4.43. The predicted octanol–water partition coefficient (Wildman–Crippen LogP) is 1.17. The van der Waals surface area contributed by atoms with Gasteiger partial charge in [0.1, 0.15) is 5.75 Å². The molecule has 2 fully saturated rings. The molecule has 2 heterocycles. The largest absolute Gasteiger partial charge is 0.434 e. The van der Waals surface area contributed by atoms with E-state index in [-0.39, 0.29) is 11.8 Å². The second kappa shape index (κ2) is 7.53. The molecular formula is C16H22F2N2O3. The molecule has 0 radical (unpaired) electrons. The molecule has 0 saturated carbocycles. The van der Waals surface area contributed by atoms with Gasteiger partial charge in [-0.1, -0.05) is 18.2 Å². The molecule has 7 heteroatoms. The van der Waals surface area contributed by atoms with Crippen LogP contribution in [0, 0.1) is 0 Å². The van der Waals surface area contributed by atoms with Crippen molar-refractivity contribution >= 4 is 0 Å². The van der Waals surface area contributed by atoms with Crippen molar-refractivity contribution in [1.29, 1.82) is 0 Å². The maximum Gasteiger partial charge on any atom is 0.387 e. The highest BCUT2D eigenvalue weighted by molar-refractivity contribution is 5.33. The molecule has 0 unspecified atom stereocenters. The van der Waals surface area contributed by atoms with E-state index in [9.17, 15) is 13.9 Å². The number of nitrogens with zero attached hydrogens (tertiary/aromatic N) is 2. The Morgan fingerprint density at radius 1 is 1.22 bits per heavy atom. The first kappa shape index (κ1) is 16.6. The average Bonchev–Trinajstić information content (AvgIpc) is 2.90. The quantitative estimate of drug-likeness (QED) is 0.879. The molecule has 0 aliphatic carbocycles. The van der Waals surface area contributed by atoms with Gasteiger partial charge in [0, 0.05) is 44.3 Å². The molecule has 0 bridgehead atoms. The van der Waals surface area contributed by atoms with Gasteiger partial charge in [0.2, 0.25) is 0 Å². The summed E-state index contributed by atoms with van der Waals surface area (Å²) < 4.78 is 34.9. The van der Waals surface area contributed by atoms with Crippen molar-refractivity contribution in [2.75, 3.05) is 39.4 Å². The highest BCUT2D eigenvalue weighted by atomic mass is 19.3. The van der Waals surface area contributed by atoms with Crippen LogP contribution in [0.5, 0.6) is 5.75 Å². The average molecular weight is 328 g/mol. The maximum atomic E-state index is 12.5. The van der Waals surface area contributed by atoms with E-state index in [1.54, 1.807) is 24.3 Å². The summed E-state index contributed by atoms with van der Waals surface area (Å²) in [5.41, 5.74) is 0.711. The minimum atomic E-state index is -2.83. The first-order valence-corrected chi connectivity index (χ1v) is 7.88. The minimum absolute atomic E-state index is 0.0714. The lowest BCUT2D eigenvalue weighted by Crippen LogP contribution is -2.48. The van der Waals surface area contributed by atoms with Gasteiger partial charge in [-0.05, 0) is 6.07 Å². The molecule has 1 aromatic carbocycles. The van der Waals surface area contributed by atoms with Crippen LogP contribution >= 0.6 is 0 Å². The normalized spacial score (nSPS) is 26.8. The molecule has 5 nitrogen and oxygen atoms in total. The van der Waals surface area contributed by atoms with Crippen molar-refractivity contribution in [2.45, 2.75) is 25.3 Å². The van der Waals surface area contributed by atoms with Gasteiger partial charge in [0.05, 0.1) is 19.3 Å². The van der Waals surface area contributed by atoms with Gasteiger partial charge in [-0.25, -0.2) is 0 Å². The fourth-order valence-corrected chi connectivity index (χ4v) is 3.33. The van der Waals surface area contributed by atoms with Gasteiger partial charge in [-0.3, -0.25) is 9.80 Å². The first-order valence-electron chi connectivity index (χ1n) is 7.88. The SMILES string of the molecule is O[C@@H]1CN(Cc2ccccc2OC(F)F)C[C@H]1N1CCOCC1. The van der Waals surface area contributed by atoms with E-state index < -0.39 is 12.7 Å². The zero-order valence-electron chi connectivity index (χ0n) is 12.9. The predicted molar refractivity (Wildman–Crippen MR) is 80.5 cm³/mol. The van der Waals surface area contributed by atoms with E-state index in [0.717, 1.165) is 13.1 Å². The highest BCUT2D eigenvalue weighted by Gasteiger charge is 2.36. The van der Waals surface area contributed by atoms with Crippen LogP contribution in [0.1, 0.15) is 5.56 Å². The zero-order chi connectivity index (χ0) is 16.2. The van der Waals surface area contributed by atoms with Crippen molar-refractivity contribution < 1.29 is 23.4 Å². The molecule has 128 valence electrons. The summed E-state index contributed by atoms with van der Waals surface area (Å²) in [6.07, 6.45) is -0.434. The molecule has 2 atom stereocenters. The molecule has 2 saturated heterocycles. The number of rotatable bonds is 5. The number of hydrogen-bond acceptors (Lipinski definition) is 5. The lowest BCUT2D eigenvalue weighted by molar-refractivity contribution is -0.0507. The van der Waals surface area contributed by atoms with Gasteiger partial charge >= 0.3 is 6.61 Å². The first-order chi connectivity index (χ1) is 11.1. The Morgan fingerprint density at radius 3 is 2.70 bits per heavy atom. The number of likely N-dealkylation sites (tertiary alicyclic amines) is 1. The topological polar surface area (TPSA) is 45.2 Å². The van der Waals surface area contributed by atoms with Gasteiger partial charge in [-0.15, -0.1) is 0 Å². The van der Waals surface area contributed by atoms with Gasteiger partial charge in [0.25, 0.3) is 0 Å². The molecule has 1 aromatic rings. The van der Waals surface area contributed by atoms with Gasteiger partial charge in [-0.2, -0.15) is 8.78 Å². The van der Waals surface area contributed by atoms with Crippen molar-refractivity contribution in [3.8, 4) is 5.75 Å². The molecule has 0 amide bonds. The van der Waals surface area contributed by atoms with Crippen molar-refractivity contribution in [2.24, 2.45) is 0 Å². The van der Waals surface area contributed by atoms with Crippen LogP contribution in [0.2, 0.25) is 0 Å². The van der Waals surface area contributed by atoms with E-state index in [1.165, 1.54) is 0 Å². The van der Waals surface area contributed by atoms with Crippen LogP contribution in [0.3, 0.4) is 0 Å². The molecule has 3 rings (SSSR count). The van der Waals surface area contributed by atoms with Crippen molar-refractivity contribution in [3.63, 3.8) is 0 Å². The van der Waals surface area contributed by atoms with Crippen LogP contribution in [0.15, 0.2) is 24.3 Å². The molecular weight excluding hydrogens is 306 g/mol. The summed E-state index contributed by atoms with van der Waals surface area (Å²) in [7, 11) is 0. The van der Waals surface area contributed by atoms with E-state index in [2.05, 4.69) is 14.5 Å². The van der Waals surface area contributed by atoms with Crippen LogP contribution in [0.4, 0.5) is 8.78 Å². The Kier molecular flexibility index (Phi) is 5.42. The number of para-hydroxylation sites is 1. The maximum absolute atomic E-state index is 12.5. The second-order valence-electron chi connectivity index (χ2n) is 5.96. The molecule has 23 heavy (non-hydrogen) atoms. The number of aliphatic hydroxyl groups is 1. The summed E-state index contributed by atoms with van der Waals surface area (Å²) in [6, 6.07) is 6.89. The summed E-state index contributed by atoms with van der Waals surface area (Å²) >= 11 is 0. The summed E-state index contributed by atoms with van der Waals surface area (Å²) in [5, 5.41) is 10.3. The van der Waals surface area contributed by atoms with Crippen LogP contribution in [-0.2, 0) is 11.3 Å². The second-order valence-corrected chi connectivity index (χ2v) is 5.96. The van der Waals surface area contributed by atoms with Crippen molar-refractivity contribution in [1.82, 2.24) is 9.80 Å². The van der Waals surface area contributed by atoms with Crippen LogP contribution in [0.25, 0.3) is 0 Å². The fraction of sp³-hybridized carbons (Fsp3) is 0.625. The summed E-state index contributed by atoms with van der Waals surface area (Å²) in [6.45, 7) is 1.92. The number of ether oxygens (including phenoxy) is 2. The Bertz CT molecular complexity index is 512. The highest BCUT2D eigenvalue weighted by Crippen LogP contribution is 2.25.